The van der Waals surface area contributed by atoms with Gasteiger partial charge >= 0.3 is 5.69 Å². The van der Waals surface area contributed by atoms with Crippen molar-refractivity contribution in [1.29, 1.82) is 0 Å². The summed E-state index contributed by atoms with van der Waals surface area (Å²) >= 11 is 0. The van der Waals surface area contributed by atoms with E-state index in [0.29, 0.717) is 28.8 Å². The maximum atomic E-state index is 13.5. The molecule has 1 N–H and O–H groups in total. The number of benzene rings is 2. The van der Waals surface area contributed by atoms with Crippen LogP contribution in [0.4, 0.5) is 5.69 Å². The molecule has 0 amide bonds. The average molecular weight is 424 g/mol. The second-order valence-electron chi connectivity index (χ2n) is 8.07. The van der Waals surface area contributed by atoms with E-state index in [9.17, 15) is 14.4 Å². The molecule has 2 aromatic heterocycles. The van der Waals surface area contributed by atoms with Crippen molar-refractivity contribution in [2.75, 3.05) is 5.32 Å². The molecule has 1 fully saturated rings. The summed E-state index contributed by atoms with van der Waals surface area (Å²) in [5.41, 5.74) is 1.55. The second kappa shape index (κ2) is 7.71. The summed E-state index contributed by atoms with van der Waals surface area (Å²) in [6.45, 7) is 0.336. The smallest absolute Gasteiger partial charge is 0.337 e. The third-order valence-electron chi connectivity index (χ3n) is 5.90. The fraction of sp³-hybridized carbons (Fsp3) is 0.208. The largest absolute Gasteiger partial charge is 0.380 e. The van der Waals surface area contributed by atoms with Crippen molar-refractivity contribution in [3.8, 4) is 5.69 Å². The maximum absolute atomic E-state index is 13.5. The summed E-state index contributed by atoms with van der Waals surface area (Å²) in [4.78, 5) is 39.8. The van der Waals surface area contributed by atoms with Gasteiger partial charge in [-0.05, 0) is 30.5 Å². The zero-order valence-corrected chi connectivity index (χ0v) is 17.6. The lowest BCUT2D eigenvalue weighted by Gasteiger charge is -2.19. The van der Waals surface area contributed by atoms with Gasteiger partial charge in [0.25, 0.3) is 11.1 Å². The van der Waals surface area contributed by atoms with Crippen LogP contribution in [0.5, 0.6) is 0 Å². The van der Waals surface area contributed by atoms with Gasteiger partial charge < -0.3 is 5.32 Å². The summed E-state index contributed by atoms with van der Waals surface area (Å²) in [5.74, 6) is 0. The lowest BCUT2D eigenvalue weighted by Crippen LogP contribution is -2.41. The first-order valence-corrected chi connectivity index (χ1v) is 10.5. The molecule has 1 saturated carbocycles. The van der Waals surface area contributed by atoms with Crippen molar-refractivity contribution in [2.45, 2.75) is 25.4 Å². The maximum Gasteiger partial charge on any atom is 0.337 e. The van der Waals surface area contributed by atoms with Crippen molar-refractivity contribution in [3.63, 3.8) is 0 Å². The Morgan fingerprint density at radius 3 is 2.38 bits per heavy atom. The first-order chi connectivity index (χ1) is 15.5. The summed E-state index contributed by atoms with van der Waals surface area (Å²) in [5, 5.41) is 3.52. The van der Waals surface area contributed by atoms with E-state index in [4.69, 9.17) is 7.85 Å². The highest BCUT2D eigenvalue weighted by atomic mass is 16.2. The standard InChI is InChI=1S/C24H21BN4O3/c1-27-20(30)13-19(26-14-15-7-5-6-10-18(15)25)21-22(27)28(16-8-3-2-4-9-16)24(32)29(23(21)31)17-11-12-17/h2-10,13,17,26H,11-12,14H2,1H3. The predicted octanol–water partition coefficient (Wildman–Crippen LogP) is 1.59. The number of fused-ring (bicyclic) bond motifs is 1. The molecule has 0 aliphatic heterocycles. The molecule has 0 atom stereocenters. The van der Waals surface area contributed by atoms with E-state index in [-0.39, 0.29) is 22.8 Å². The number of aromatic nitrogens is 3. The number of rotatable bonds is 5. The fourth-order valence-electron chi connectivity index (χ4n) is 4.05. The van der Waals surface area contributed by atoms with E-state index in [1.807, 2.05) is 36.4 Å². The normalized spacial score (nSPS) is 13.4. The summed E-state index contributed by atoms with van der Waals surface area (Å²) < 4.78 is 4.13. The Hall–Kier alpha value is -3.81. The molecule has 0 spiro atoms. The van der Waals surface area contributed by atoms with Gasteiger partial charge in [0.15, 0.2) is 0 Å². The third-order valence-corrected chi connectivity index (χ3v) is 5.90. The van der Waals surface area contributed by atoms with E-state index in [2.05, 4.69) is 5.32 Å². The number of para-hydroxylation sites is 1. The zero-order valence-electron chi connectivity index (χ0n) is 17.6. The highest BCUT2D eigenvalue weighted by Gasteiger charge is 2.30. The highest BCUT2D eigenvalue weighted by Crippen LogP contribution is 2.33. The van der Waals surface area contributed by atoms with E-state index in [1.54, 1.807) is 25.2 Å². The lowest BCUT2D eigenvalue weighted by molar-refractivity contribution is 0.637. The first-order valence-electron chi connectivity index (χ1n) is 10.5. The molecule has 4 aromatic rings. The Bertz CT molecular complexity index is 1520. The van der Waals surface area contributed by atoms with Crippen LogP contribution in [0.2, 0.25) is 0 Å². The van der Waals surface area contributed by atoms with Gasteiger partial charge in [-0.3, -0.25) is 18.7 Å². The Morgan fingerprint density at radius 1 is 1.00 bits per heavy atom. The Balaban J connectivity index is 1.81. The molecule has 1 aliphatic rings. The highest BCUT2D eigenvalue weighted by molar-refractivity contribution is 6.33. The van der Waals surface area contributed by atoms with Gasteiger partial charge in [-0.25, -0.2) is 9.36 Å². The van der Waals surface area contributed by atoms with Crippen LogP contribution in [0.1, 0.15) is 24.4 Å². The molecule has 158 valence electrons. The molecule has 5 rings (SSSR count). The van der Waals surface area contributed by atoms with Gasteiger partial charge in [0.2, 0.25) is 0 Å². The molecule has 8 heteroatoms. The molecule has 2 radical (unpaired) electrons. The molecule has 0 unspecified atom stereocenters. The van der Waals surface area contributed by atoms with Crippen molar-refractivity contribution < 1.29 is 0 Å². The van der Waals surface area contributed by atoms with Crippen LogP contribution < -0.4 is 27.6 Å². The predicted molar refractivity (Wildman–Crippen MR) is 126 cm³/mol. The number of hydrogen-bond donors (Lipinski definition) is 1. The van der Waals surface area contributed by atoms with Crippen LogP contribution in [-0.4, -0.2) is 21.5 Å². The van der Waals surface area contributed by atoms with Crippen LogP contribution in [0, 0.1) is 0 Å². The van der Waals surface area contributed by atoms with Crippen LogP contribution in [0.25, 0.3) is 16.7 Å². The number of nitrogens with zero attached hydrogens (tertiary/aromatic N) is 3. The Kier molecular flexibility index (Phi) is 4.85. The number of aryl methyl sites for hydroxylation is 1. The van der Waals surface area contributed by atoms with Crippen molar-refractivity contribution in [2.24, 2.45) is 7.05 Å². The van der Waals surface area contributed by atoms with Gasteiger partial charge in [0.05, 0.1) is 11.4 Å². The van der Waals surface area contributed by atoms with Gasteiger partial charge in [-0.15, -0.1) is 0 Å². The fourth-order valence-corrected chi connectivity index (χ4v) is 4.05. The molecule has 0 saturated heterocycles. The summed E-state index contributed by atoms with van der Waals surface area (Å²) in [7, 11) is 7.63. The van der Waals surface area contributed by atoms with Gasteiger partial charge in [0, 0.05) is 25.7 Å². The minimum absolute atomic E-state index is 0.121. The number of anilines is 1. The van der Waals surface area contributed by atoms with Crippen molar-refractivity contribution in [1.82, 2.24) is 13.7 Å². The van der Waals surface area contributed by atoms with Crippen LogP contribution >= 0.6 is 0 Å². The molecule has 2 heterocycles. The van der Waals surface area contributed by atoms with Crippen LogP contribution in [-0.2, 0) is 13.6 Å². The third kappa shape index (κ3) is 3.28. The van der Waals surface area contributed by atoms with E-state index >= 15 is 0 Å². The van der Waals surface area contributed by atoms with Crippen molar-refractivity contribution in [3.05, 3.63) is 97.4 Å². The van der Waals surface area contributed by atoms with Gasteiger partial charge in [-0.2, -0.15) is 0 Å². The average Bonchev–Trinajstić information content (AvgIpc) is 3.62. The van der Waals surface area contributed by atoms with Crippen molar-refractivity contribution >= 4 is 30.0 Å². The number of nitrogens with one attached hydrogen (secondary N) is 1. The molecular formula is C24H21BN4O3. The van der Waals surface area contributed by atoms with E-state index in [1.165, 1.54) is 19.8 Å². The Morgan fingerprint density at radius 2 is 1.69 bits per heavy atom. The minimum Gasteiger partial charge on any atom is -0.380 e. The molecule has 32 heavy (non-hydrogen) atoms. The summed E-state index contributed by atoms with van der Waals surface area (Å²) in [6, 6.07) is 17.8. The number of pyridine rings is 1. The lowest BCUT2D eigenvalue weighted by atomic mass is 9.91. The monoisotopic (exact) mass is 424 g/mol. The van der Waals surface area contributed by atoms with Gasteiger partial charge in [-0.1, -0.05) is 47.9 Å². The topological polar surface area (TPSA) is 78.0 Å². The van der Waals surface area contributed by atoms with Gasteiger partial charge in [0.1, 0.15) is 18.9 Å². The summed E-state index contributed by atoms with van der Waals surface area (Å²) in [6.07, 6.45) is 1.56. The van der Waals surface area contributed by atoms with Crippen LogP contribution in [0.15, 0.2) is 75.0 Å². The SMILES string of the molecule is [B]c1ccccc1CNc1cc(=O)n(C)c2c1c(=O)n(C1CC1)c(=O)n2-c1ccccc1. The van der Waals surface area contributed by atoms with E-state index in [0.717, 1.165) is 18.4 Å². The van der Waals surface area contributed by atoms with E-state index < -0.39 is 5.69 Å². The number of hydrogen-bond acceptors (Lipinski definition) is 4. The Labute approximate surface area is 185 Å². The molecular weight excluding hydrogens is 403 g/mol. The van der Waals surface area contributed by atoms with Crippen LogP contribution in [0.3, 0.4) is 0 Å². The molecule has 1 aliphatic carbocycles. The molecule has 7 nitrogen and oxygen atoms in total. The quantitative estimate of drug-likeness (QED) is 0.494. The molecule has 0 bridgehead atoms. The minimum atomic E-state index is -0.435. The zero-order chi connectivity index (χ0) is 22.4. The first kappa shape index (κ1) is 20.1. The second-order valence-corrected chi connectivity index (χ2v) is 8.07. The molecule has 2 aromatic carbocycles.